The highest BCUT2D eigenvalue weighted by Crippen LogP contribution is 2.45. The molecule has 112 valence electrons. The maximum absolute atomic E-state index is 13.0. The second kappa shape index (κ2) is 5.69. The van der Waals surface area contributed by atoms with Gasteiger partial charge in [0.25, 0.3) is 0 Å². The number of unbranched alkanes of at least 4 members (excludes halogenated alkanes) is 1. The molecule has 0 aliphatic carbocycles. The van der Waals surface area contributed by atoms with Crippen LogP contribution in [0.1, 0.15) is 46.5 Å². The Morgan fingerprint density at radius 1 is 1.47 bits per heavy atom. The van der Waals surface area contributed by atoms with E-state index < -0.39 is 29.6 Å². The lowest BCUT2D eigenvalue weighted by Crippen LogP contribution is -2.53. The minimum absolute atomic E-state index is 0.0214. The van der Waals surface area contributed by atoms with Crippen LogP contribution in [0.3, 0.4) is 0 Å². The van der Waals surface area contributed by atoms with Gasteiger partial charge in [0.05, 0.1) is 5.92 Å². The van der Waals surface area contributed by atoms with Gasteiger partial charge < -0.3 is 5.11 Å². The Bertz CT molecular complexity index is 328. The number of hydrogen-bond acceptors (Lipinski definition) is 2. The Balaban J connectivity index is 2.91. The predicted molar refractivity (Wildman–Crippen MR) is 65.9 cm³/mol. The highest BCUT2D eigenvalue weighted by molar-refractivity contribution is 5.73. The molecule has 6 heteroatoms. The van der Waals surface area contributed by atoms with E-state index in [1.54, 1.807) is 0 Å². The quantitative estimate of drug-likeness (QED) is 0.840. The lowest BCUT2D eigenvalue weighted by atomic mass is 9.87. The van der Waals surface area contributed by atoms with Crippen molar-refractivity contribution >= 4 is 5.97 Å². The number of carboxylic acid groups (broad SMARTS) is 1. The van der Waals surface area contributed by atoms with Crippen molar-refractivity contribution in [3.63, 3.8) is 0 Å². The normalized spacial score (nSPS) is 25.5. The van der Waals surface area contributed by atoms with E-state index in [2.05, 4.69) is 0 Å². The van der Waals surface area contributed by atoms with Crippen LogP contribution in [-0.2, 0) is 4.79 Å². The van der Waals surface area contributed by atoms with Crippen LogP contribution in [0.4, 0.5) is 13.2 Å². The van der Waals surface area contributed by atoms with Crippen molar-refractivity contribution in [1.82, 2.24) is 4.90 Å². The summed E-state index contributed by atoms with van der Waals surface area (Å²) >= 11 is 0. The van der Waals surface area contributed by atoms with Gasteiger partial charge in [-0.05, 0) is 26.7 Å². The molecule has 1 saturated heterocycles. The molecule has 0 radical (unpaired) electrons. The van der Waals surface area contributed by atoms with Crippen molar-refractivity contribution in [2.24, 2.45) is 5.92 Å². The first-order valence-corrected chi connectivity index (χ1v) is 6.68. The standard InChI is InChI=1S/C13H22F3NO2/c1-4-5-6-9(11(18)19)17-8-7-10(12(17,2)3)13(14,15)16/h9-10H,4-8H2,1-3H3,(H,18,19). The molecular formula is C13H22F3NO2. The van der Waals surface area contributed by atoms with Crippen molar-refractivity contribution in [2.75, 3.05) is 6.54 Å². The van der Waals surface area contributed by atoms with Gasteiger partial charge in [0, 0.05) is 12.1 Å². The molecule has 1 rings (SSSR count). The molecule has 0 saturated carbocycles. The maximum atomic E-state index is 13.0. The van der Waals surface area contributed by atoms with Crippen molar-refractivity contribution in [2.45, 2.75) is 64.2 Å². The number of nitrogens with zero attached hydrogens (tertiary/aromatic N) is 1. The number of aliphatic carboxylic acids is 1. The lowest BCUT2D eigenvalue weighted by molar-refractivity contribution is -0.194. The molecular weight excluding hydrogens is 259 g/mol. The van der Waals surface area contributed by atoms with E-state index in [1.165, 1.54) is 18.7 Å². The summed E-state index contributed by atoms with van der Waals surface area (Å²) in [6.07, 6.45) is -2.35. The Hall–Kier alpha value is -0.780. The predicted octanol–water partition coefficient (Wildman–Crippen LogP) is 3.29. The second-order valence-corrected chi connectivity index (χ2v) is 5.73. The molecule has 1 heterocycles. The third kappa shape index (κ3) is 3.41. The van der Waals surface area contributed by atoms with Crippen molar-refractivity contribution in [3.8, 4) is 0 Å². The molecule has 0 aromatic rings. The van der Waals surface area contributed by atoms with Gasteiger partial charge >= 0.3 is 12.1 Å². The van der Waals surface area contributed by atoms with E-state index >= 15 is 0 Å². The van der Waals surface area contributed by atoms with E-state index in [-0.39, 0.29) is 13.0 Å². The van der Waals surface area contributed by atoms with Crippen LogP contribution >= 0.6 is 0 Å². The van der Waals surface area contributed by atoms with Crippen LogP contribution in [0, 0.1) is 5.92 Å². The van der Waals surface area contributed by atoms with Crippen molar-refractivity contribution in [3.05, 3.63) is 0 Å². The number of halogens is 3. The number of carboxylic acids is 1. The van der Waals surface area contributed by atoms with Crippen LogP contribution in [0.5, 0.6) is 0 Å². The Morgan fingerprint density at radius 3 is 2.42 bits per heavy atom. The molecule has 3 nitrogen and oxygen atoms in total. The zero-order valence-electron chi connectivity index (χ0n) is 11.6. The van der Waals surface area contributed by atoms with Gasteiger partial charge in [-0.3, -0.25) is 9.69 Å². The molecule has 1 aliphatic rings. The fraction of sp³-hybridized carbons (Fsp3) is 0.923. The molecule has 0 spiro atoms. The molecule has 1 fully saturated rings. The number of rotatable bonds is 5. The minimum atomic E-state index is -4.27. The van der Waals surface area contributed by atoms with E-state index in [0.29, 0.717) is 12.8 Å². The van der Waals surface area contributed by atoms with Gasteiger partial charge in [-0.1, -0.05) is 19.8 Å². The first kappa shape index (κ1) is 16.3. The van der Waals surface area contributed by atoms with Gasteiger partial charge in [0.15, 0.2) is 0 Å². The first-order valence-electron chi connectivity index (χ1n) is 6.68. The number of likely N-dealkylation sites (tertiary alicyclic amines) is 1. The molecule has 1 aliphatic heterocycles. The first-order chi connectivity index (χ1) is 8.62. The third-order valence-electron chi connectivity index (χ3n) is 4.14. The molecule has 0 aromatic heterocycles. The summed E-state index contributed by atoms with van der Waals surface area (Å²) in [7, 11) is 0. The fourth-order valence-electron chi connectivity index (χ4n) is 3.04. The molecule has 0 bridgehead atoms. The van der Waals surface area contributed by atoms with E-state index in [1.807, 2.05) is 6.92 Å². The fourth-order valence-corrected chi connectivity index (χ4v) is 3.04. The van der Waals surface area contributed by atoms with Gasteiger partial charge in [0.1, 0.15) is 6.04 Å². The van der Waals surface area contributed by atoms with Crippen LogP contribution < -0.4 is 0 Å². The minimum Gasteiger partial charge on any atom is -0.480 e. The number of hydrogen-bond donors (Lipinski definition) is 1. The average Bonchev–Trinajstić information content (AvgIpc) is 2.54. The van der Waals surface area contributed by atoms with Crippen LogP contribution in [-0.4, -0.2) is 40.3 Å². The summed E-state index contributed by atoms with van der Waals surface area (Å²) in [4.78, 5) is 12.8. The summed E-state index contributed by atoms with van der Waals surface area (Å²) in [5.41, 5.74) is -1.16. The molecule has 2 atom stereocenters. The maximum Gasteiger partial charge on any atom is 0.393 e. The largest absolute Gasteiger partial charge is 0.480 e. The summed E-state index contributed by atoms with van der Waals surface area (Å²) in [5, 5.41) is 9.26. The second-order valence-electron chi connectivity index (χ2n) is 5.73. The smallest absolute Gasteiger partial charge is 0.393 e. The Labute approximate surface area is 111 Å². The number of carbonyl (C=O) groups is 1. The van der Waals surface area contributed by atoms with E-state index in [4.69, 9.17) is 0 Å². The molecule has 1 N–H and O–H groups in total. The topological polar surface area (TPSA) is 40.5 Å². The summed E-state index contributed by atoms with van der Waals surface area (Å²) in [6, 6.07) is -0.817. The van der Waals surface area contributed by atoms with Crippen LogP contribution in [0.2, 0.25) is 0 Å². The summed E-state index contributed by atoms with van der Waals surface area (Å²) in [5.74, 6) is -2.48. The van der Waals surface area contributed by atoms with Crippen LogP contribution in [0.25, 0.3) is 0 Å². The Kier molecular flexibility index (Phi) is 4.87. The highest BCUT2D eigenvalue weighted by Gasteiger charge is 2.56. The summed E-state index contributed by atoms with van der Waals surface area (Å²) < 4.78 is 38.9. The lowest BCUT2D eigenvalue weighted by Gasteiger charge is -2.40. The average molecular weight is 281 g/mol. The van der Waals surface area contributed by atoms with Gasteiger partial charge in [-0.15, -0.1) is 0 Å². The van der Waals surface area contributed by atoms with E-state index in [0.717, 1.165) is 6.42 Å². The zero-order valence-corrected chi connectivity index (χ0v) is 11.6. The summed E-state index contributed by atoms with van der Waals surface area (Å²) in [6.45, 7) is 5.13. The molecule has 0 amide bonds. The third-order valence-corrected chi connectivity index (χ3v) is 4.14. The SMILES string of the molecule is CCCCC(C(=O)O)N1CCC(C(F)(F)F)C1(C)C. The van der Waals surface area contributed by atoms with Crippen LogP contribution in [0.15, 0.2) is 0 Å². The molecule has 19 heavy (non-hydrogen) atoms. The monoisotopic (exact) mass is 281 g/mol. The number of alkyl halides is 3. The van der Waals surface area contributed by atoms with Crippen molar-refractivity contribution < 1.29 is 23.1 Å². The van der Waals surface area contributed by atoms with Gasteiger partial charge in [-0.2, -0.15) is 13.2 Å². The zero-order chi connectivity index (χ0) is 14.8. The molecule has 0 aromatic carbocycles. The van der Waals surface area contributed by atoms with E-state index in [9.17, 15) is 23.1 Å². The molecule has 2 unspecified atom stereocenters. The van der Waals surface area contributed by atoms with Gasteiger partial charge in [0.2, 0.25) is 0 Å². The van der Waals surface area contributed by atoms with Crippen molar-refractivity contribution in [1.29, 1.82) is 0 Å². The Morgan fingerprint density at radius 2 is 2.05 bits per heavy atom. The highest BCUT2D eigenvalue weighted by atomic mass is 19.4. The van der Waals surface area contributed by atoms with Gasteiger partial charge in [-0.25, -0.2) is 0 Å².